The lowest BCUT2D eigenvalue weighted by Gasteiger charge is -2.56. The van der Waals surface area contributed by atoms with E-state index in [0.29, 0.717) is 12.8 Å². The first kappa shape index (κ1) is 20.5. The molecule has 0 radical (unpaired) electrons. The lowest BCUT2D eigenvalue weighted by atomic mass is 9.57. The Morgan fingerprint density at radius 2 is 2.19 bits per heavy atom. The summed E-state index contributed by atoms with van der Waals surface area (Å²) in [4.78, 5) is 36.3. The zero-order valence-electron chi connectivity index (χ0n) is 16.2. The van der Waals surface area contributed by atoms with Crippen molar-refractivity contribution in [1.29, 1.82) is 0 Å². The third kappa shape index (κ3) is 3.07. The number of nitrogens with zero attached hydrogens (tertiary/aromatic N) is 1. The number of hydrogen-bond donors (Lipinski definition) is 1. The Kier molecular flexibility index (Phi) is 5.56. The van der Waals surface area contributed by atoms with Crippen LogP contribution < -0.4 is 0 Å². The molecule has 150 valence electrons. The van der Waals surface area contributed by atoms with E-state index in [1.165, 1.54) is 0 Å². The molecule has 0 aromatic carbocycles. The van der Waals surface area contributed by atoms with Gasteiger partial charge in [-0.15, -0.1) is 11.5 Å². The smallest absolute Gasteiger partial charge is 0.311 e. The van der Waals surface area contributed by atoms with E-state index in [0.717, 1.165) is 12.2 Å². The minimum Gasteiger partial charge on any atom is -0.439 e. The largest absolute Gasteiger partial charge is 0.439 e. The molecule has 3 rings (SSSR count). The van der Waals surface area contributed by atoms with Crippen LogP contribution in [0.4, 0.5) is 0 Å². The van der Waals surface area contributed by atoms with E-state index < -0.39 is 30.1 Å². The maximum Gasteiger partial charge on any atom is 0.311 e. The van der Waals surface area contributed by atoms with Gasteiger partial charge in [0.05, 0.1) is 12.0 Å². The number of carbonyl (C=O) groups excluding carboxylic acids is 2. The quantitative estimate of drug-likeness (QED) is 0.446. The van der Waals surface area contributed by atoms with E-state index >= 15 is 0 Å². The SMILES string of the molecule is C=C[C@]1(C)C[C@@H](C(=O)OCN=O)C2C(C)CSC3(CCC(=O)C23)[C@@H](C)C1O. The van der Waals surface area contributed by atoms with Gasteiger partial charge in [-0.05, 0) is 41.5 Å². The van der Waals surface area contributed by atoms with Gasteiger partial charge in [0.25, 0.3) is 0 Å². The lowest BCUT2D eigenvalue weighted by Crippen LogP contribution is -2.59. The van der Waals surface area contributed by atoms with Gasteiger partial charge in [-0.25, -0.2) is 0 Å². The van der Waals surface area contributed by atoms with Crippen LogP contribution in [0.2, 0.25) is 0 Å². The molecular formula is C20H29NO5S. The molecule has 6 nitrogen and oxygen atoms in total. The van der Waals surface area contributed by atoms with Crippen LogP contribution in [0.15, 0.2) is 17.8 Å². The highest BCUT2D eigenvalue weighted by Gasteiger charge is 2.64. The normalized spacial score (nSPS) is 46.7. The molecule has 5 unspecified atom stereocenters. The minimum absolute atomic E-state index is 0.0921. The minimum atomic E-state index is -0.718. The number of rotatable bonds is 4. The second-order valence-corrected chi connectivity index (χ2v) is 10.1. The van der Waals surface area contributed by atoms with Crippen molar-refractivity contribution >= 4 is 23.5 Å². The Morgan fingerprint density at radius 1 is 1.48 bits per heavy atom. The van der Waals surface area contributed by atoms with Gasteiger partial charge in [-0.2, -0.15) is 11.8 Å². The van der Waals surface area contributed by atoms with Crippen molar-refractivity contribution in [2.24, 2.45) is 40.2 Å². The molecule has 3 fully saturated rings. The highest BCUT2D eigenvalue weighted by atomic mass is 32.2. The summed E-state index contributed by atoms with van der Waals surface area (Å²) in [5.74, 6) is -0.403. The van der Waals surface area contributed by atoms with Gasteiger partial charge >= 0.3 is 5.97 Å². The van der Waals surface area contributed by atoms with Crippen LogP contribution in [0.1, 0.15) is 40.0 Å². The van der Waals surface area contributed by atoms with Crippen molar-refractivity contribution in [3.05, 3.63) is 17.6 Å². The first-order valence-corrected chi connectivity index (χ1v) is 10.6. The van der Waals surface area contributed by atoms with E-state index in [1.807, 2.05) is 13.8 Å². The van der Waals surface area contributed by atoms with Crippen molar-refractivity contribution in [3.8, 4) is 0 Å². The molecule has 27 heavy (non-hydrogen) atoms. The molecule has 2 aliphatic carbocycles. The topological polar surface area (TPSA) is 93.0 Å². The van der Waals surface area contributed by atoms with Crippen molar-refractivity contribution in [2.75, 3.05) is 12.5 Å². The predicted octanol–water partition coefficient (Wildman–Crippen LogP) is 3.18. The van der Waals surface area contributed by atoms with Crippen LogP contribution in [0.5, 0.6) is 0 Å². The molecule has 2 saturated carbocycles. The molecule has 0 amide bonds. The standard InChI is InChI=1S/C20H29NO5S/c1-5-19(4)8-13(18(24)26-10-21-25)15-11(2)9-27-20(12(3)17(19)23)7-6-14(22)16(15)20/h5,11-13,15-17,23H,1,6-10H2,2-4H3/t11?,12-,13+,15?,16?,17?,19+,20?/m0/s1. The average Bonchev–Trinajstić information content (AvgIpc) is 3.00. The summed E-state index contributed by atoms with van der Waals surface area (Å²) in [7, 11) is 0. The van der Waals surface area contributed by atoms with Crippen molar-refractivity contribution in [1.82, 2.24) is 0 Å². The van der Waals surface area contributed by atoms with E-state index in [2.05, 4.69) is 18.7 Å². The summed E-state index contributed by atoms with van der Waals surface area (Å²) >= 11 is 1.79. The highest BCUT2D eigenvalue weighted by molar-refractivity contribution is 8.00. The molecule has 7 heteroatoms. The van der Waals surface area contributed by atoms with Gasteiger partial charge in [0.2, 0.25) is 6.73 Å². The van der Waals surface area contributed by atoms with Gasteiger partial charge in [-0.3, -0.25) is 9.59 Å². The molecule has 1 aliphatic heterocycles. The van der Waals surface area contributed by atoms with E-state index in [-0.39, 0.29) is 34.2 Å². The Hall–Kier alpha value is -1.21. The van der Waals surface area contributed by atoms with Crippen LogP contribution in [0, 0.1) is 39.9 Å². The van der Waals surface area contributed by atoms with Crippen LogP contribution >= 0.6 is 11.8 Å². The number of thioether (sulfide) groups is 1. The van der Waals surface area contributed by atoms with Crippen molar-refractivity contribution in [3.63, 3.8) is 0 Å². The third-order valence-electron chi connectivity index (χ3n) is 7.37. The monoisotopic (exact) mass is 395 g/mol. The van der Waals surface area contributed by atoms with Crippen LogP contribution in [0.3, 0.4) is 0 Å². The maximum absolute atomic E-state index is 13.0. The summed E-state index contributed by atoms with van der Waals surface area (Å²) < 4.78 is 4.73. The Bertz CT molecular complexity index is 654. The van der Waals surface area contributed by atoms with Crippen LogP contribution in [0.25, 0.3) is 0 Å². The molecule has 0 aromatic rings. The number of ketones is 1. The summed E-state index contributed by atoms with van der Waals surface area (Å²) in [6.07, 6.45) is 2.57. The predicted molar refractivity (Wildman–Crippen MR) is 104 cm³/mol. The highest BCUT2D eigenvalue weighted by Crippen LogP contribution is 2.63. The molecule has 2 bridgehead atoms. The zero-order valence-corrected chi connectivity index (χ0v) is 17.0. The molecule has 0 spiro atoms. The van der Waals surface area contributed by atoms with Crippen LogP contribution in [-0.2, 0) is 14.3 Å². The lowest BCUT2D eigenvalue weighted by molar-refractivity contribution is -0.158. The Labute approximate surface area is 164 Å². The van der Waals surface area contributed by atoms with Gasteiger partial charge in [-0.1, -0.05) is 26.8 Å². The van der Waals surface area contributed by atoms with E-state index in [9.17, 15) is 19.6 Å². The number of Topliss-reactive ketones (excluding diaryl/α,β-unsaturated/α-hetero) is 1. The number of hydrogen-bond acceptors (Lipinski definition) is 7. The van der Waals surface area contributed by atoms with Crippen LogP contribution in [-0.4, -0.2) is 40.2 Å². The second kappa shape index (κ2) is 7.32. The number of aliphatic hydroxyl groups excluding tert-OH is 1. The van der Waals surface area contributed by atoms with E-state index in [4.69, 9.17) is 4.74 Å². The molecule has 8 atom stereocenters. The average molecular weight is 396 g/mol. The molecular weight excluding hydrogens is 366 g/mol. The fraction of sp³-hybridized carbons (Fsp3) is 0.800. The Balaban J connectivity index is 2.13. The van der Waals surface area contributed by atoms with Gasteiger partial charge in [0, 0.05) is 22.5 Å². The first-order chi connectivity index (χ1) is 12.7. The van der Waals surface area contributed by atoms with Gasteiger partial charge in [0.1, 0.15) is 5.78 Å². The van der Waals surface area contributed by atoms with Crippen molar-refractivity contribution in [2.45, 2.75) is 50.9 Å². The van der Waals surface area contributed by atoms with Crippen molar-refractivity contribution < 1.29 is 19.4 Å². The number of esters is 1. The number of carbonyl (C=O) groups is 2. The van der Waals surface area contributed by atoms with Gasteiger partial charge < -0.3 is 9.84 Å². The third-order valence-corrected chi connectivity index (χ3v) is 9.43. The van der Waals surface area contributed by atoms with Gasteiger partial charge in [0.15, 0.2) is 0 Å². The zero-order chi connectivity index (χ0) is 20.0. The summed E-state index contributed by atoms with van der Waals surface area (Å²) in [6, 6.07) is 0. The Morgan fingerprint density at radius 3 is 2.81 bits per heavy atom. The molecule has 1 heterocycles. The molecule has 3 aliphatic rings. The summed E-state index contributed by atoms with van der Waals surface area (Å²) in [6.45, 7) is 9.43. The fourth-order valence-corrected chi connectivity index (χ4v) is 7.71. The van der Waals surface area contributed by atoms with E-state index in [1.54, 1.807) is 17.8 Å². The summed E-state index contributed by atoms with van der Waals surface area (Å²) in [5.41, 5.74) is -0.683. The number of nitroso groups, excluding NO2 is 1. The number of aliphatic hydroxyl groups is 1. The maximum atomic E-state index is 13.0. The number of ether oxygens (including phenoxy) is 1. The molecule has 1 saturated heterocycles. The molecule has 1 N–H and O–H groups in total. The second-order valence-electron chi connectivity index (χ2n) is 8.74. The summed E-state index contributed by atoms with van der Waals surface area (Å²) in [5, 5.41) is 13.9. The first-order valence-electron chi connectivity index (χ1n) is 9.66. The fourth-order valence-electron chi connectivity index (χ4n) is 5.81. The molecule has 0 aromatic heterocycles.